The highest BCUT2D eigenvalue weighted by atomic mass is 16.6. The number of nitrogens with two attached hydrogens (primary N) is 1. The Kier molecular flexibility index (Phi) is 3.66. The molecule has 1 amide bonds. The first kappa shape index (κ1) is 13.3. The zero-order valence-corrected chi connectivity index (χ0v) is 10.6. The second kappa shape index (κ2) is 5.23. The molecule has 7 nitrogen and oxygen atoms in total. The Morgan fingerprint density at radius 2 is 2.32 bits per heavy atom. The molecule has 1 aliphatic heterocycles. The molecule has 0 aromatic heterocycles. The first-order valence-corrected chi connectivity index (χ1v) is 6.02. The van der Waals surface area contributed by atoms with Crippen LogP contribution < -0.4 is 16.0 Å². The van der Waals surface area contributed by atoms with Crippen molar-refractivity contribution in [1.29, 1.82) is 0 Å². The van der Waals surface area contributed by atoms with Crippen molar-refractivity contribution < 1.29 is 9.72 Å². The van der Waals surface area contributed by atoms with E-state index in [4.69, 9.17) is 5.73 Å². The van der Waals surface area contributed by atoms with Gasteiger partial charge in [0.2, 0.25) is 5.91 Å². The summed E-state index contributed by atoms with van der Waals surface area (Å²) in [6, 6.07) is 4.37. The summed E-state index contributed by atoms with van der Waals surface area (Å²) >= 11 is 0. The molecule has 0 spiro atoms. The van der Waals surface area contributed by atoms with Crippen molar-refractivity contribution in [3.8, 4) is 0 Å². The first-order valence-electron chi connectivity index (χ1n) is 6.02. The number of nitrogens with zero attached hydrogens (tertiary/aromatic N) is 2. The van der Waals surface area contributed by atoms with Crippen molar-refractivity contribution in [1.82, 2.24) is 5.32 Å². The molecular weight excluding hydrogens is 248 g/mol. The summed E-state index contributed by atoms with van der Waals surface area (Å²) in [5.74, 6) is -0.589. The highest BCUT2D eigenvalue weighted by Gasteiger charge is 2.25. The van der Waals surface area contributed by atoms with Gasteiger partial charge < -0.3 is 16.0 Å². The van der Waals surface area contributed by atoms with E-state index in [1.165, 1.54) is 18.2 Å². The molecule has 1 fully saturated rings. The van der Waals surface area contributed by atoms with Gasteiger partial charge in [0, 0.05) is 31.3 Å². The van der Waals surface area contributed by atoms with E-state index in [0.717, 1.165) is 19.5 Å². The quantitative estimate of drug-likeness (QED) is 0.608. The van der Waals surface area contributed by atoms with Crippen molar-refractivity contribution in [2.75, 3.05) is 25.0 Å². The van der Waals surface area contributed by atoms with Gasteiger partial charge in [-0.15, -0.1) is 0 Å². The Morgan fingerprint density at radius 1 is 1.58 bits per heavy atom. The van der Waals surface area contributed by atoms with E-state index >= 15 is 0 Å². The maximum Gasteiger partial charge on any atom is 0.292 e. The summed E-state index contributed by atoms with van der Waals surface area (Å²) in [4.78, 5) is 23.7. The molecule has 1 aliphatic rings. The van der Waals surface area contributed by atoms with Crippen LogP contribution in [0.4, 0.5) is 11.4 Å². The Balaban J connectivity index is 2.41. The van der Waals surface area contributed by atoms with E-state index in [0.29, 0.717) is 5.69 Å². The molecule has 2 rings (SSSR count). The van der Waals surface area contributed by atoms with E-state index in [9.17, 15) is 14.9 Å². The highest BCUT2D eigenvalue weighted by molar-refractivity contribution is 5.94. The van der Waals surface area contributed by atoms with Gasteiger partial charge in [-0.3, -0.25) is 14.9 Å². The van der Waals surface area contributed by atoms with Crippen LogP contribution in [-0.4, -0.2) is 37.0 Å². The van der Waals surface area contributed by atoms with Crippen LogP contribution in [0, 0.1) is 10.1 Å². The van der Waals surface area contributed by atoms with Crippen LogP contribution in [0.5, 0.6) is 0 Å². The van der Waals surface area contributed by atoms with Gasteiger partial charge in [0.15, 0.2) is 0 Å². The minimum absolute atomic E-state index is 0.0144. The molecule has 1 aromatic carbocycles. The van der Waals surface area contributed by atoms with Gasteiger partial charge in [0.1, 0.15) is 5.69 Å². The average Bonchev–Trinajstić information content (AvgIpc) is 2.90. The fraction of sp³-hybridized carbons (Fsp3) is 0.417. The van der Waals surface area contributed by atoms with Crippen molar-refractivity contribution in [2.24, 2.45) is 5.73 Å². The first-order chi connectivity index (χ1) is 9.00. The van der Waals surface area contributed by atoms with Gasteiger partial charge in [-0.25, -0.2) is 0 Å². The number of primary amides is 1. The van der Waals surface area contributed by atoms with Crippen LogP contribution >= 0.6 is 0 Å². The maximum atomic E-state index is 11.2. The van der Waals surface area contributed by atoms with Gasteiger partial charge >= 0.3 is 0 Å². The molecule has 19 heavy (non-hydrogen) atoms. The predicted molar refractivity (Wildman–Crippen MR) is 71.3 cm³/mol. The molecule has 3 N–H and O–H groups in total. The molecule has 1 atom stereocenters. The lowest BCUT2D eigenvalue weighted by Crippen LogP contribution is -2.34. The largest absolute Gasteiger partial charge is 0.366 e. The van der Waals surface area contributed by atoms with Gasteiger partial charge in [-0.2, -0.15) is 0 Å². The summed E-state index contributed by atoms with van der Waals surface area (Å²) in [5.41, 5.74) is 5.91. The highest BCUT2D eigenvalue weighted by Crippen LogP contribution is 2.30. The zero-order chi connectivity index (χ0) is 14.0. The molecular formula is C12H16N4O3. The lowest BCUT2D eigenvalue weighted by molar-refractivity contribution is -0.384. The number of nitrogens with one attached hydrogen (secondary N) is 1. The SMILES string of the molecule is CN(c1cc(C(N)=O)ccc1[N+](=O)[O-])C1CCNC1. The monoisotopic (exact) mass is 264 g/mol. The summed E-state index contributed by atoms with van der Waals surface area (Å²) in [5, 5.41) is 14.3. The summed E-state index contributed by atoms with van der Waals surface area (Å²) in [7, 11) is 1.80. The third-order valence-electron chi connectivity index (χ3n) is 3.42. The lowest BCUT2D eigenvalue weighted by Gasteiger charge is -2.25. The van der Waals surface area contributed by atoms with Crippen molar-refractivity contribution in [3.63, 3.8) is 0 Å². The normalized spacial score (nSPS) is 18.3. The number of likely N-dealkylation sites (N-methyl/N-ethyl adjacent to an activating group) is 1. The average molecular weight is 264 g/mol. The Morgan fingerprint density at radius 3 is 2.84 bits per heavy atom. The van der Waals surface area contributed by atoms with Crippen LogP contribution in [0.15, 0.2) is 18.2 Å². The van der Waals surface area contributed by atoms with Crippen molar-refractivity contribution in [2.45, 2.75) is 12.5 Å². The number of nitro groups is 1. The van der Waals surface area contributed by atoms with Crippen molar-refractivity contribution >= 4 is 17.3 Å². The van der Waals surface area contributed by atoms with E-state index in [1.54, 1.807) is 7.05 Å². The van der Waals surface area contributed by atoms with Crippen LogP contribution in [0.3, 0.4) is 0 Å². The number of anilines is 1. The topological polar surface area (TPSA) is 102 Å². The van der Waals surface area contributed by atoms with Crippen molar-refractivity contribution in [3.05, 3.63) is 33.9 Å². The standard InChI is InChI=1S/C12H16N4O3/c1-15(9-4-5-14-7-9)11-6-8(12(13)17)2-3-10(11)16(18)19/h2-3,6,9,14H,4-5,7H2,1H3,(H2,13,17). The number of carbonyl (C=O) groups is 1. The van der Waals surface area contributed by atoms with Gasteiger partial charge in [0.25, 0.3) is 5.69 Å². The number of rotatable bonds is 4. The second-order valence-electron chi connectivity index (χ2n) is 4.58. The van der Waals surface area contributed by atoms with Crippen LogP contribution in [0.1, 0.15) is 16.8 Å². The van der Waals surface area contributed by atoms with E-state index in [2.05, 4.69) is 5.32 Å². The van der Waals surface area contributed by atoms with E-state index < -0.39 is 10.8 Å². The fourth-order valence-corrected chi connectivity index (χ4v) is 2.28. The molecule has 0 saturated carbocycles. The van der Waals surface area contributed by atoms with Gasteiger partial charge in [0.05, 0.1) is 4.92 Å². The molecule has 0 radical (unpaired) electrons. The van der Waals surface area contributed by atoms with Gasteiger partial charge in [-0.05, 0) is 25.1 Å². The summed E-state index contributed by atoms with van der Waals surface area (Å²) in [6.07, 6.45) is 0.911. The predicted octanol–water partition coefficient (Wildman–Crippen LogP) is 0.492. The van der Waals surface area contributed by atoms with E-state index in [1.807, 2.05) is 4.90 Å². The molecule has 1 saturated heterocycles. The van der Waals surface area contributed by atoms with E-state index in [-0.39, 0.29) is 17.3 Å². The number of carbonyl (C=O) groups excluding carboxylic acids is 1. The number of amides is 1. The Labute approximate surface area is 110 Å². The maximum absolute atomic E-state index is 11.2. The Hall–Kier alpha value is -2.15. The third-order valence-corrected chi connectivity index (χ3v) is 3.42. The molecule has 102 valence electrons. The summed E-state index contributed by atoms with van der Waals surface area (Å²) in [6.45, 7) is 1.66. The van der Waals surface area contributed by atoms with Gasteiger partial charge in [-0.1, -0.05) is 0 Å². The molecule has 1 unspecified atom stereocenters. The number of benzene rings is 1. The van der Waals surface area contributed by atoms with Crippen LogP contribution in [-0.2, 0) is 0 Å². The zero-order valence-electron chi connectivity index (χ0n) is 10.6. The molecule has 0 aliphatic carbocycles. The molecule has 1 heterocycles. The second-order valence-corrected chi connectivity index (χ2v) is 4.58. The smallest absolute Gasteiger partial charge is 0.292 e. The minimum Gasteiger partial charge on any atom is -0.366 e. The summed E-state index contributed by atoms with van der Waals surface area (Å²) < 4.78 is 0. The van der Waals surface area contributed by atoms with Crippen LogP contribution in [0.2, 0.25) is 0 Å². The number of hydrogen-bond donors (Lipinski definition) is 2. The number of hydrogen-bond acceptors (Lipinski definition) is 5. The lowest BCUT2D eigenvalue weighted by atomic mass is 10.1. The Bertz CT molecular complexity index is 512. The van der Waals surface area contributed by atoms with Crippen LogP contribution in [0.25, 0.3) is 0 Å². The molecule has 0 bridgehead atoms. The molecule has 1 aromatic rings. The fourth-order valence-electron chi connectivity index (χ4n) is 2.28. The minimum atomic E-state index is -0.589. The molecule has 7 heteroatoms. The number of nitro benzene ring substituents is 1. The third kappa shape index (κ3) is 2.65.